The number of hydrogen-bond acceptors (Lipinski definition) is 8. The maximum Gasteiger partial charge on any atom is 0.316 e. The molecule has 0 bridgehead atoms. The highest BCUT2D eigenvalue weighted by atomic mass is 32.2. The van der Waals surface area contributed by atoms with Crippen molar-refractivity contribution < 1.29 is 37.1 Å². The normalized spacial score (nSPS) is 30.4. The molecule has 51 heavy (non-hydrogen) atoms. The predicted octanol–water partition coefficient (Wildman–Crippen LogP) is 3.15. The molecule has 3 saturated carbocycles. The third-order valence-corrected chi connectivity index (χ3v) is 15.8. The van der Waals surface area contributed by atoms with Crippen LogP contribution in [0.4, 0.5) is 4.79 Å². The fourth-order valence-corrected chi connectivity index (χ4v) is 10.9. The number of rotatable bonds is 8. The lowest BCUT2D eigenvalue weighted by Gasteiger charge is -2.49. The minimum atomic E-state index is -3.65. The molecule has 13 nitrogen and oxygen atoms in total. The van der Waals surface area contributed by atoms with Crippen LogP contribution in [-0.2, 0) is 33.8 Å². The van der Waals surface area contributed by atoms with E-state index in [9.17, 15) is 32.4 Å². The average molecular weight is 736 g/mol. The van der Waals surface area contributed by atoms with Crippen LogP contribution in [0.2, 0.25) is 0 Å². The standard InChI is InChI=1S/C37H61N5O8S/c1-23(2)51(48,49)36(5,6)37(18-12-10-13-19-37)41-34(47)40-27-22-50-20-14-9-7-8-11-15-26(30(43)32(45)38-24-16-17-24)39-31(44)29-28-25(35(28,3)4)21-42(29)33(27)46/h23-29H,7-22H2,1-6H3,(H,38,45)(H,39,44)(H2,40,41,47)/t25-,26-,27-,28-,29-/m0/s1. The largest absolute Gasteiger partial charge is 0.379 e. The molecule has 0 radical (unpaired) electrons. The second-order valence-electron chi connectivity index (χ2n) is 17.1. The van der Waals surface area contributed by atoms with Gasteiger partial charge in [0.15, 0.2) is 9.84 Å². The van der Waals surface area contributed by atoms with Crippen molar-refractivity contribution in [3.8, 4) is 0 Å². The first-order chi connectivity index (χ1) is 23.9. The zero-order chi connectivity index (χ0) is 37.4. The van der Waals surface area contributed by atoms with Crippen LogP contribution in [0.5, 0.6) is 0 Å². The second kappa shape index (κ2) is 15.3. The summed E-state index contributed by atoms with van der Waals surface area (Å²) in [7, 11) is -3.65. The number of ether oxygens (including phenoxy) is 1. The van der Waals surface area contributed by atoms with Crippen LogP contribution >= 0.6 is 0 Å². The molecular weight excluding hydrogens is 675 g/mol. The van der Waals surface area contributed by atoms with Gasteiger partial charge in [-0.2, -0.15) is 0 Å². The molecule has 5 fully saturated rings. The van der Waals surface area contributed by atoms with E-state index in [-0.39, 0.29) is 29.9 Å². The topological polar surface area (TPSA) is 180 Å². The summed E-state index contributed by atoms with van der Waals surface area (Å²) < 4.78 is 32.0. The molecule has 5 aliphatic rings. The smallest absolute Gasteiger partial charge is 0.316 e. The molecule has 5 amide bonds. The Morgan fingerprint density at radius 2 is 1.55 bits per heavy atom. The molecule has 288 valence electrons. The van der Waals surface area contributed by atoms with E-state index in [0.29, 0.717) is 38.8 Å². The highest BCUT2D eigenvalue weighted by Crippen LogP contribution is 2.65. The fraction of sp³-hybridized carbons (Fsp3) is 0.865. The maximum atomic E-state index is 14.4. The number of fused-ring (bicyclic) bond motifs is 3. The SMILES string of the molecule is CC(C)S(=O)(=O)C(C)(C)C1(NC(=O)N[C@H]2COCCCCCCC[C@@H](C(=O)C(=O)NC3CC3)NC(=O)[C@@H]3[C@@H]4[C@H](CN3C2=O)C4(C)C)CCCCC1. The Hall–Kier alpha value is -2.74. The van der Waals surface area contributed by atoms with Gasteiger partial charge in [-0.15, -0.1) is 0 Å². The van der Waals surface area contributed by atoms with Crippen molar-refractivity contribution in [3.05, 3.63) is 0 Å². The summed E-state index contributed by atoms with van der Waals surface area (Å²) >= 11 is 0. The Balaban J connectivity index is 1.39. The van der Waals surface area contributed by atoms with E-state index in [1.807, 2.05) is 0 Å². The lowest BCUT2D eigenvalue weighted by atomic mass is 9.73. The highest BCUT2D eigenvalue weighted by molar-refractivity contribution is 7.93. The Bertz CT molecular complexity index is 1450. The average Bonchev–Trinajstić information content (AvgIpc) is 3.92. The van der Waals surface area contributed by atoms with Gasteiger partial charge in [0.25, 0.3) is 5.91 Å². The third-order valence-electron chi connectivity index (χ3n) is 12.7. The number of Topliss-reactive ketones (excluding diaryl/α,β-unsaturated/α-hetero) is 1. The molecule has 0 aromatic carbocycles. The summed E-state index contributed by atoms with van der Waals surface area (Å²) in [5, 5.41) is 10.9. The number of carbonyl (C=O) groups is 5. The zero-order valence-corrected chi connectivity index (χ0v) is 32.3. The number of nitrogens with one attached hydrogen (secondary N) is 4. The molecule has 5 atom stereocenters. The van der Waals surface area contributed by atoms with Gasteiger partial charge < -0.3 is 30.9 Å². The lowest BCUT2D eigenvalue weighted by molar-refractivity contribution is -0.144. The molecule has 0 aromatic heterocycles. The Labute approximate surface area is 303 Å². The van der Waals surface area contributed by atoms with E-state index >= 15 is 0 Å². The van der Waals surface area contributed by atoms with Crippen molar-refractivity contribution in [1.29, 1.82) is 0 Å². The number of urea groups is 1. The quantitative estimate of drug-likeness (QED) is 0.275. The number of nitrogens with zero attached hydrogens (tertiary/aromatic N) is 1. The van der Waals surface area contributed by atoms with Crippen LogP contribution in [0, 0.1) is 17.3 Å². The summed E-state index contributed by atoms with van der Waals surface area (Å²) in [6, 6.07) is -3.68. The minimum absolute atomic E-state index is 0.00170. The zero-order valence-electron chi connectivity index (χ0n) is 31.5. The summed E-state index contributed by atoms with van der Waals surface area (Å²) in [6.07, 6.45) is 9.38. The summed E-state index contributed by atoms with van der Waals surface area (Å²) in [6.45, 7) is 11.4. The molecule has 0 aromatic rings. The summed E-state index contributed by atoms with van der Waals surface area (Å²) in [4.78, 5) is 70.2. The van der Waals surface area contributed by atoms with Crippen molar-refractivity contribution in [2.24, 2.45) is 17.3 Å². The van der Waals surface area contributed by atoms with Gasteiger partial charge in [-0.05, 0) is 83.5 Å². The van der Waals surface area contributed by atoms with Crippen LogP contribution in [0.15, 0.2) is 0 Å². The maximum absolute atomic E-state index is 14.4. The van der Waals surface area contributed by atoms with Crippen LogP contribution in [0.25, 0.3) is 0 Å². The van der Waals surface area contributed by atoms with Crippen molar-refractivity contribution in [1.82, 2.24) is 26.2 Å². The first kappa shape index (κ1) is 39.5. The molecule has 2 heterocycles. The van der Waals surface area contributed by atoms with E-state index in [0.717, 1.165) is 57.8 Å². The molecule has 4 N–H and O–H groups in total. The van der Waals surface area contributed by atoms with Crippen molar-refractivity contribution in [2.45, 2.75) is 165 Å². The Kier molecular flexibility index (Phi) is 11.9. The Morgan fingerprint density at radius 1 is 0.922 bits per heavy atom. The van der Waals surface area contributed by atoms with E-state index in [2.05, 4.69) is 35.1 Å². The highest BCUT2D eigenvalue weighted by Gasteiger charge is 2.69. The number of sulfone groups is 1. The van der Waals surface area contributed by atoms with Gasteiger partial charge in [0.1, 0.15) is 12.1 Å². The summed E-state index contributed by atoms with van der Waals surface area (Å²) in [5.74, 6) is -2.40. The van der Waals surface area contributed by atoms with E-state index in [1.165, 1.54) is 4.90 Å². The third kappa shape index (κ3) is 8.11. The van der Waals surface area contributed by atoms with Gasteiger partial charge in [0, 0.05) is 19.2 Å². The van der Waals surface area contributed by atoms with Crippen LogP contribution in [-0.4, -0.2) is 102 Å². The van der Waals surface area contributed by atoms with Gasteiger partial charge >= 0.3 is 6.03 Å². The molecule has 5 rings (SSSR count). The number of hydrogen-bond donors (Lipinski definition) is 4. The predicted molar refractivity (Wildman–Crippen MR) is 192 cm³/mol. The minimum Gasteiger partial charge on any atom is -0.379 e. The van der Waals surface area contributed by atoms with Crippen molar-refractivity contribution >= 4 is 39.4 Å². The van der Waals surface area contributed by atoms with Gasteiger partial charge in [-0.1, -0.05) is 58.8 Å². The van der Waals surface area contributed by atoms with E-state index in [4.69, 9.17) is 4.74 Å². The molecular formula is C37H61N5O8S. The molecule has 2 aliphatic heterocycles. The van der Waals surface area contributed by atoms with Gasteiger partial charge in [0.05, 0.1) is 28.2 Å². The first-order valence-corrected chi connectivity index (χ1v) is 20.8. The summed E-state index contributed by atoms with van der Waals surface area (Å²) in [5.41, 5.74) is -1.25. The lowest BCUT2D eigenvalue weighted by Crippen LogP contribution is -2.69. The first-order valence-electron chi connectivity index (χ1n) is 19.3. The number of amides is 5. The van der Waals surface area contributed by atoms with E-state index in [1.54, 1.807) is 27.7 Å². The van der Waals surface area contributed by atoms with Gasteiger partial charge in [0.2, 0.25) is 17.6 Å². The van der Waals surface area contributed by atoms with Crippen molar-refractivity contribution in [2.75, 3.05) is 19.8 Å². The number of carbonyl (C=O) groups excluding carboxylic acids is 5. The van der Waals surface area contributed by atoms with Crippen LogP contribution in [0.3, 0.4) is 0 Å². The van der Waals surface area contributed by atoms with Gasteiger partial charge in [-0.25, -0.2) is 13.2 Å². The number of piperidine rings is 1. The monoisotopic (exact) mass is 735 g/mol. The molecule has 2 saturated heterocycles. The van der Waals surface area contributed by atoms with Gasteiger partial charge in [-0.3, -0.25) is 19.2 Å². The molecule has 0 unspecified atom stereocenters. The molecule has 14 heteroatoms. The fourth-order valence-electron chi connectivity index (χ4n) is 8.95. The second-order valence-corrected chi connectivity index (χ2v) is 20.1. The molecule has 3 aliphatic carbocycles. The van der Waals surface area contributed by atoms with E-state index < -0.39 is 73.0 Å². The molecule has 0 spiro atoms. The van der Waals surface area contributed by atoms with Crippen molar-refractivity contribution in [3.63, 3.8) is 0 Å². The Morgan fingerprint density at radius 3 is 2.20 bits per heavy atom. The van der Waals surface area contributed by atoms with Crippen LogP contribution in [0.1, 0.15) is 125 Å². The number of ketones is 1. The van der Waals surface area contributed by atoms with Crippen LogP contribution < -0.4 is 21.3 Å².